The molecule has 2 aromatic heterocycles. The van der Waals surface area contributed by atoms with Gasteiger partial charge in [0, 0.05) is 18.8 Å². The van der Waals surface area contributed by atoms with E-state index in [1.165, 1.54) is 0 Å². The summed E-state index contributed by atoms with van der Waals surface area (Å²) in [6.07, 6.45) is 5.08. The largest absolute Gasteiger partial charge is 0.459 e. The average molecular weight is 318 g/mol. The maximum Gasteiger partial charge on any atom is 0.320 e. The summed E-state index contributed by atoms with van der Waals surface area (Å²) in [5, 5.41) is 8.19. The molecule has 3 rings (SSSR count). The number of hydrogen-bond donors (Lipinski definition) is 0. The summed E-state index contributed by atoms with van der Waals surface area (Å²) >= 11 is 0. The lowest BCUT2D eigenvalue weighted by Crippen LogP contribution is -2.32. The molecular formula is C16H22N4O3. The molecule has 1 aliphatic carbocycles. The molecule has 0 bridgehead atoms. The molecule has 23 heavy (non-hydrogen) atoms. The van der Waals surface area contributed by atoms with Crippen molar-refractivity contribution in [2.24, 2.45) is 7.05 Å². The molecule has 2 heterocycles. The highest BCUT2D eigenvalue weighted by atomic mass is 16.6. The smallest absolute Gasteiger partial charge is 0.320 e. The van der Waals surface area contributed by atoms with Crippen LogP contribution in [0.4, 0.5) is 0 Å². The second-order valence-corrected chi connectivity index (χ2v) is 7.21. The van der Waals surface area contributed by atoms with E-state index in [0.29, 0.717) is 24.6 Å². The molecular weight excluding hydrogens is 296 g/mol. The highest BCUT2D eigenvalue weighted by Crippen LogP contribution is 2.48. The van der Waals surface area contributed by atoms with Gasteiger partial charge in [-0.05, 0) is 40.5 Å². The van der Waals surface area contributed by atoms with Crippen LogP contribution in [-0.4, -0.2) is 31.5 Å². The Morgan fingerprint density at radius 3 is 2.65 bits per heavy atom. The molecule has 0 aliphatic heterocycles. The van der Waals surface area contributed by atoms with Crippen molar-refractivity contribution in [1.29, 1.82) is 0 Å². The Hall–Kier alpha value is -2.18. The first-order chi connectivity index (χ1) is 10.7. The normalized spacial score (nSPS) is 17.8. The first kappa shape index (κ1) is 15.7. The predicted octanol–water partition coefficient (Wildman–Crippen LogP) is 2.33. The van der Waals surface area contributed by atoms with Crippen LogP contribution in [0.15, 0.2) is 16.9 Å². The van der Waals surface area contributed by atoms with Gasteiger partial charge >= 0.3 is 5.97 Å². The van der Waals surface area contributed by atoms with Crippen molar-refractivity contribution >= 4 is 5.97 Å². The lowest BCUT2D eigenvalue weighted by molar-refractivity contribution is -0.158. The van der Waals surface area contributed by atoms with Gasteiger partial charge in [-0.15, -0.1) is 0 Å². The summed E-state index contributed by atoms with van der Waals surface area (Å²) in [5.74, 6) is 0.575. The van der Waals surface area contributed by atoms with Gasteiger partial charge in [0.05, 0.1) is 12.1 Å². The van der Waals surface area contributed by atoms with E-state index in [0.717, 1.165) is 5.56 Å². The Morgan fingerprint density at radius 1 is 1.43 bits per heavy atom. The summed E-state index contributed by atoms with van der Waals surface area (Å²) in [7, 11) is 1.86. The monoisotopic (exact) mass is 318 g/mol. The molecule has 7 heteroatoms. The second-order valence-electron chi connectivity index (χ2n) is 7.21. The summed E-state index contributed by atoms with van der Waals surface area (Å²) in [5.41, 5.74) is -0.267. The third-order valence-electron chi connectivity index (χ3n) is 4.00. The molecule has 1 atom stereocenters. The van der Waals surface area contributed by atoms with Crippen molar-refractivity contribution in [3.05, 3.63) is 29.7 Å². The minimum absolute atomic E-state index is 0.0700. The molecule has 7 nitrogen and oxygen atoms in total. The summed E-state index contributed by atoms with van der Waals surface area (Å²) in [4.78, 5) is 16.9. The lowest BCUT2D eigenvalue weighted by Gasteiger charge is -2.22. The summed E-state index contributed by atoms with van der Waals surface area (Å²) in [6, 6.07) is 0. The number of ether oxygens (including phenoxy) is 1. The van der Waals surface area contributed by atoms with Crippen molar-refractivity contribution in [3.63, 3.8) is 0 Å². The minimum atomic E-state index is -0.732. The molecule has 1 fully saturated rings. The number of carbonyl (C=O) groups excluding carboxylic acids is 1. The lowest BCUT2D eigenvalue weighted by atomic mass is 10.0. The zero-order chi connectivity index (χ0) is 16.8. The maximum atomic E-state index is 12.4. The van der Waals surface area contributed by atoms with Gasteiger partial charge in [-0.2, -0.15) is 10.1 Å². The number of carbonyl (C=O) groups is 1. The average Bonchev–Trinajstić information content (AvgIpc) is 2.91. The quantitative estimate of drug-likeness (QED) is 0.805. The molecule has 124 valence electrons. The van der Waals surface area contributed by atoms with Crippen LogP contribution in [0.3, 0.4) is 0 Å². The van der Waals surface area contributed by atoms with E-state index in [2.05, 4.69) is 15.2 Å². The van der Waals surface area contributed by atoms with Crippen LogP contribution in [0, 0.1) is 0 Å². The summed E-state index contributed by atoms with van der Waals surface area (Å²) < 4.78 is 12.6. The molecule has 0 N–H and O–H groups in total. The molecule has 1 unspecified atom stereocenters. The van der Waals surface area contributed by atoms with E-state index in [1.807, 2.05) is 40.9 Å². The Balaban J connectivity index is 1.80. The fourth-order valence-corrected chi connectivity index (χ4v) is 2.43. The van der Waals surface area contributed by atoms with Gasteiger partial charge in [-0.25, -0.2) is 0 Å². The third kappa shape index (κ3) is 3.00. The van der Waals surface area contributed by atoms with Crippen LogP contribution in [-0.2, 0) is 22.0 Å². The van der Waals surface area contributed by atoms with Gasteiger partial charge in [-0.1, -0.05) is 5.16 Å². The molecule has 0 saturated heterocycles. The Kier molecular flexibility index (Phi) is 3.54. The molecule has 0 spiro atoms. The zero-order valence-electron chi connectivity index (χ0n) is 14.2. The van der Waals surface area contributed by atoms with Gasteiger partial charge in [0.25, 0.3) is 0 Å². The molecule has 0 aromatic carbocycles. The van der Waals surface area contributed by atoms with E-state index >= 15 is 0 Å². The van der Waals surface area contributed by atoms with Gasteiger partial charge in [0.15, 0.2) is 5.82 Å². The maximum absolute atomic E-state index is 12.4. The first-order valence-corrected chi connectivity index (χ1v) is 7.77. The van der Waals surface area contributed by atoms with E-state index in [4.69, 9.17) is 9.26 Å². The van der Waals surface area contributed by atoms with Crippen molar-refractivity contribution < 1.29 is 14.1 Å². The van der Waals surface area contributed by atoms with Crippen LogP contribution >= 0.6 is 0 Å². The fourth-order valence-electron chi connectivity index (χ4n) is 2.43. The number of esters is 1. The fraction of sp³-hybridized carbons (Fsp3) is 0.625. The Morgan fingerprint density at radius 2 is 2.13 bits per heavy atom. The van der Waals surface area contributed by atoms with Crippen LogP contribution in [0.2, 0.25) is 0 Å². The molecule has 1 aliphatic rings. The van der Waals surface area contributed by atoms with Gasteiger partial charge < -0.3 is 9.26 Å². The standard InChI is InChI=1S/C16H22N4O3/c1-10(11-8-17-20(5)9-11)12-18-13(19-23-12)16(6-7-16)14(21)22-15(2,3)4/h8-10H,6-7H2,1-5H3. The highest BCUT2D eigenvalue weighted by Gasteiger charge is 2.57. The number of hydrogen-bond acceptors (Lipinski definition) is 6. The van der Waals surface area contributed by atoms with E-state index in [1.54, 1.807) is 10.9 Å². The second kappa shape index (κ2) is 5.18. The van der Waals surface area contributed by atoms with Crippen molar-refractivity contribution in [2.75, 3.05) is 0 Å². The molecule has 2 aromatic rings. The van der Waals surface area contributed by atoms with E-state index in [-0.39, 0.29) is 11.9 Å². The van der Waals surface area contributed by atoms with Crippen LogP contribution < -0.4 is 0 Å². The summed E-state index contributed by atoms with van der Waals surface area (Å²) in [6.45, 7) is 7.54. The number of aryl methyl sites for hydroxylation is 1. The van der Waals surface area contributed by atoms with Crippen LogP contribution in [0.25, 0.3) is 0 Å². The van der Waals surface area contributed by atoms with Crippen LogP contribution in [0.5, 0.6) is 0 Å². The van der Waals surface area contributed by atoms with Crippen LogP contribution in [0.1, 0.15) is 63.7 Å². The van der Waals surface area contributed by atoms with Crippen molar-refractivity contribution in [3.8, 4) is 0 Å². The van der Waals surface area contributed by atoms with Gasteiger partial charge in [-0.3, -0.25) is 9.48 Å². The third-order valence-corrected chi connectivity index (χ3v) is 4.00. The predicted molar refractivity (Wildman–Crippen MR) is 81.8 cm³/mol. The molecule has 1 saturated carbocycles. The first-order valence-electron chi connectivity index (χ1n) is 7.77. The number of nitrogens with zero attached hydrogens (tertiary/aromatic N) is 4. The topological polar surface area (TPSA) is 83.0 Å². The van der Waals surface area contributed by atoms with Crippen molar-refractivity contribution in [2.45, 2.75) is 57.5 Å². The van der Waals surface area contributed by atoms with Crippen molar-refractivity contribution in [1.82, 2.24) is 19.9 Å². The van der Waals surface area contributed by atoms with Gasteiger partial charge in [0.2, 0.25) is 5.89 Å². The minimum Gasteiger partial charge on any atom is -0.459 e. The van der Waals surface area contributed by atoms with E-state index < -0.39 is 11.0 Å². The molecule has 0 amide bonds. The van der Waals surface area contributed by atoms with Gasteiger partial charge in [0.1, 0.15) is 11.0 Å². The molecule has 0 radical (unpaired) electrons. The number of aromatic nitrogens is 4. The Bertz CT molecular complexity index is 722. The zero-order valence-corrected chi connectivity index (χ0v) is 14.2. The number of rotatable bonds is 4. The Labute approximate surface area is 135 Å². The highest BCUT2D eigenvalue weighted by molar-refractivity contribution is 5.85. The SMILES string of the molecule is CC(c1cnn(C)c1)c1nc(C2(C(=O)OC(C)(C)C)CC2)no1. The van der Waals surface area contributed by atoms with E-state index in [9.17, 15) is 4.79 Å².